The molecule has 2 aliphatic rings. The lowest BCUT2D eigenvalue weighted by molar-refractivity contribution is 0.00578. The van der Waals surface area contributed by atoms with Crippen LogP contribution in [0.3, 0.4) is 0 Å². The summed E-state index contributed by atoms with van der Waals surface area (Å²) >= 11 is 0. The van der Waals surface area contributed by atoms with Crippen LogP contribution in [0.25, 0.3) is 49.4 Å². The van der Waals surface area contributed by atoms with Crippen LogP contribution in [0.2, 0.25) is 0 Å². The molecule has 0 N–H and O–H groups in total. The van der Waals surface area contributed by atoms with Crippen LogP contribution in [0.4, 0.5) is 17.1 Å². The minimum Gasteiger partial charge on any atom is -0.399 e. The summed E-state index contributed by atoms with van der Waals surface area (Å²) in [5, 5.41) is 4.85. The highest BCUT2D eigenvalue weighted by molar-refractivity contribution is 6.62. The second-order valence-electron chi connectivity index (χ2n) is 16.5. The van der Waals surface area contributed by atoms with Crippen molar-refractivity contribution >= 4 is 62.2 Å². The van der Waals surface area contributed by atoms with Gasteiger partial charge in [0.2, 0.25) is 0 Å². The molecule has 0 spiro atoms. The van der Waals surface area contributed by atoms with Crippen LogP contribution in [0.1, 0.15) is 52.7 Å². The summed E-state index contributed by atoms with van der Waals surface area (Å²) < 4.78 is 15.4. The molecule has 4 nitrogen and oxygen atoms in total. The number of para-hydroxylation sites is 1. The van der Waals surface area contributed by atoms with Gasteiger partial charge in [0.15, 0.2) is 0 Å². The lowest BCUT2D eigenvalue weighted by Crippen LogP contribution is -2.41. The van der Waals surface area contributed by atoms with E-state index in [1.54, 1.807) is 0 Å². The molecule has 7 aromatic carbocycles. The van der Waals surface area contributed by atoms with E-state index in [9.17, 15) is 0 Å². The number of aromatic nitrogens is 1. The van der Waals surface area contributed by atoms with Gasteiger partial charge in [-0.25, -0.2) is 0 Å². The zero-order valence-electron chi connectivity index (χ0n) is 31.7. The molecular weight excluding hydrogens is 659 g/mol. The van der Waals surface area contributed by atoms with Crippen LogP contribution < -0.4 is 10.4 Å². The minimum absolute atomic E-state index is 0.105. The predicted molar refractivity (Wildman–Crippen MR) is 226 cm³/mol. The summed E-state index contributed by atoms with van der Waals surface area (Å²) in [7, 11) is -0.437. The molecule has 0 amide bonds. The smallest absolute Gasteiger partial charge is 0.399 e. The lowest BCUT2D eigenvalue weighted by Gasteiger charge is -2.32. The molecule has 1 fully saturated rings. The van der Waals surface area contributed by atoms with Gasteiger partial charge in [-0.1, -0.05) is 111 Å². The van der Waals surface area contributed by atoms with Gasteiger partial charge in [-0.05, 0) is 115 Å². The number of benzene rings is 7. The first-order valence-corrected chi connectivity index (χ1v) is 19.0. The van der Waals surface area contributed by atoms with Crippen LogP contribution >= 0.6 is 0 Å². The maximum Gasteiger partial charge on any atom is 0.494 e. The zero-order valence-corrected chi connectivity index (χ0v) is 31.7. The Morgan fingerprint density at radius 3 is 1.93 bits per heavy atom. The summed E-state index contributed by atoms with van der Waals surface area (Å²) in [6.07, 6.45) is 0. The van der Waals surface area contributed by atoms with Crippen LogP contribution in [-0.2, 0) is 14.7 Å². The van der Waals surface area contributed by atoms with Gasteiger partial charge in [-0.15, -0.1) is 0 Å². The maximum atomic E-state index is 6.50. The van der Waals surface area contributed by atoms with Gasteiger partial charge in [0, 0.05) is 38.6 Å². The third-order valence-corrected chi connectivity index (χ3v) is 12.4. The molecule has 0 radical (unpaired) electrons. The lowest BCUT2D eigenvalue weighted by atomic mass is 9.79. The van der Waals surface area contributed by atoms with Gasteiger partial charge in [0.25, 0.3) is 0 Å². The zero-order chi connectivity index (χ0) is 37.0. The molecule has 0 bridgehead atoms. The van der Waals surface area contributed by atoms with E-state index in [-0.39, 0.29) is 5.41 Å². The summed E-state index contributed by atoms with van der Waals surface area (Å²) in [5.74, 6) is 0. The number of hydrogen-bond acceptors (Lipinski definition) is 3. The van der Waals surface area contributed by atoms with E-state index in [0.29, 0.717) is 0 Å². The maximum absolute atomic E-state index is 6.50. The number of hydrogen-bond donors (Lipinski definition) is 0. The highest BCUT2D eigenvalue weighted by atomic mass is 16.7. The molecule has 1 aliphatic carbocycles. The number of anilines is 3. The summed E-state index contributed by atoms with van der Waals surface area (Å²) in [4.78, 5) is 2.42. The molecule has 8 aromatic rings. The normalized spacial score (nSPS) is 16.6. The first kappa shape index (κ1) is 33.0. The van der Waals surface area contributed by atoms with Crippen LogP contribution in [-0.4, -0.2) is 22.9 Å². The van der Waals surface area contributed by atoms with Gasteiger partial charge in [0.1, 0.15) is 0 Å². The van der Waals surface area contributed by atoms with Crippen molar-refractivity contribution in [2.45, 2.75) is 58.2 Å². The second kappa shape index (κ2) is 11.7. The van der Waals surface area contributed by atoms with Crippen molar-refractivity contribution in [1.82, 2.24) is 4.57 Å². The van der Waals surface area contributed by atoms with E-state index in [1.165, 1.54) is 43.8 Å². The number of nitrogens with zero attached hydrogens (tertiary/aromatic N) is 2. The Morgan fingerprint density at radius 2 is 1.13 bits per heavy atom. The fourth-order valence-electron chi connectivity index (χ4n) is 8.80. The average Bonchev–Trinajstić information content (AvgIpc) is 3.72. The van der Waals surface area contributed by atoms with Gasteiger partial charge in [-0.2, -0.15) is 0 Å². The van der Waals surface area contributed by atoms with E-state index in [1.807, 2.05) is 0 Å². The monoisotopic (exact) mass is 702 g/mol. The summed E-state index contributed by atoms with van der Waals surface area (Å²) in [6.45, 7) is 13.1. The molecule has 1 saturated heterocycles. The predicted octanol–water partition coefficient (Wildman–Crippen LogP) is 12.0. The summed E-state index contributed by atoms with van der Waals surface area (Å²) in [6, 6.07) is 55.5. The average molecular weight is 703 g/mol. The van der Waals surface area contributed by atoms with Crippen molar-refractivity contribution in [3.63, 3.8) is 0 Å². The molecular formula is C49H43BN2O2. The van der Waals surface area contributed by atoms with Gasteiger partial charge in [-0.3, -0.25) is 0 Å². The van der Waals surface area contributed by atoms with Crippen molar-refractivity contribution in [2.75, 3.05) is 4.90 Å². The topological polar surface area (TPSA) is 26.6 Å². The first-order valence-electron chi connectivity index (χ1n) is 19.0. The Hall–Kier alpha value is -5.62. The SMILES string of the molecule is CC1(C)c2ccccc2-c2ccc(N(c3ccc(-n4c5ccccc5c5ccc(B6OC(C)(C)C(C)(C)O6)cc54)cc3)c3cccc4ccccc34)cc21. The van der Waals surface area contributed by atoms with E-state index < -0.39 is 18.3 Å². The minimum atomic E-state index is -0.437. The molecule has 0 atom stereocenters. The van der Waals surface area contributed by atoms with Crippen molar-refractivity contribution < 1.29 is 9.31 Å². The molecule has 2 heterocycles. The van der Waals surface area contributed by atoms with Gasteiger partial charge < -0.3 is 18.8 Å². The summed E-state index contributed by atoms with van der Waals surface area (Å²) in [5.41, 5.74) is 12.3. The van der Waals surface area contributed by atoms with E-state index in [4.69, 9.17) is 9.31 Å². The van der Waals surface area contributed by atoms with Crippen molar-refractivity contribution in [3.05, 3.63) is 163 Å². The fourth-order valence-corrected chi connectivity index (χ4v) is 8.80. The molecule has 0 saturated carbocycles. The molecule has 5 heteroatoms. The van der Waals surface area contributed by atoms with Crippen molar-refractivity contribution in [2.24, 2.45) is 0 Å². The van der Waals surface area contributed by atoms with Crippen LogP contribution in [0, 0.1) is 0 Å². The number of rotatable bonds is 5. The Balaban J connectivity index is 1.12. The van der Waals surface area contributed by atoms with E-state index >= 15 is 0 Å². The molecule has 10 rings (SSSR count). The van der Waals surface area contributed by atoms with Crippen LogP contribution in [0.5, 0.6) is 0 Å². The quantitative estimate of drug-likeness (QED) is 0.167. The molecule has 264 valence electrons. The third-order valence-electron chi connectivity index (χ3n) is 12.4. The first-order chi connectivity index (χ1) is 26.0. The standard InChI is InChI=1S/C49H43BN2O2/c1-47(2)42-19-11-9-17-38(42)39-29-27-36(31-43(39)47)51(44-21-13-15-32-14-7-8-16-37(32)44)34-23-25-35(26-24-34)52-45-20-12-10-18-40(45)41-28-22-33(30-46(41)52)50-53-48(3,4)49(5,6)54-50/h7-31H,1-6H3. The Kier molecular flexibility index (Phi) is 7.14. The molecule has 54 heavy (non-hydrogen) atoms. The molecule has 1 aliphatic heterocycles. The Bertz CT molecular complexity index is 2760. The third kappa shape index (κ3) is 4.85. The highest BCUT2D eigenvalue weighted by Crippen LogP contribution is 2.51. The molecule has 0 unspecified atom stereocenters. The second-order valence-corrected chi connectivity index (χ2v) is 16.5. The largest absolute Gasteiger partial charge is 0.494 e. The van der Waals surface area contributed by atoms with Crippen LogP contribution in [0.15, 0.2) is 152 Å². The van der Waals surface area contributed by atoms with Gasteiger partial charge >= 0.3 is 7.12 Å². The Morgan fingerprint density at radius 1 is 0.500 bits per heavy atom. The van der Waals surface area contributed by atoms with Gasteiger partial charge in [0.05, 0.1) is 27.9 Å². The number of fused-ring (bicyclic) bond motifs is 7. The van der Waals surface area contributed by atoms with E-state index in [2.05, 4.69) is 203 Å². The Labute approximate surface area is 317 Å². The fraction of sp³-hybridized carbons (Fsp3) is 0.184. The highest BCUT2D eigenvalue weighted by Gasteiger charge is 2.51. The molecule has 1 aromatic heterocycles. The van der Waals surface area contributed by atoms with Crippen molar-refractivity contribution in [3.8, 4) is 16.8 Å². The van der Waals surface area contributed by atoms with E-state index in [0.717, 1.165) is 39.2 Å². The van der Waals surface area contributed by atoms with Crippen molar-refractivity contribution in [1.29, 1.82) is 0 Å².